The van der Waals surface area contributed by atoms with Crippen LogP contribution in [0.15, 0.2) is 126 Å². The van der Waals surface area contributed by atoms with Crippen molar-refractivity contribution < 1.29 is 4.79 Å². The highest BCUT2D eigenvalue weighted by molar-refractivity contribution is 6.02. The molecule has 0 bridgehead atoms. The van der Waals surface area contributed by atoms with E-state index < -0.39 is 0 Å². The standard InChI is InChI=1S/C29H26N2O/c32-29(25-17-9-3-10-18-25)22-26(23-13-5-1-6-14-23)21-28(24-15-7-2-8-16-24)31-30-27-19-11-4-12-20-27/h1-20,26,30H,21-22H2. The van der Waals surface area contributed by atoms with Gasteiger partial charge in [0.15, 0.2) is 5.78 Å². The number of anilines is 1. The summed E-state index contributed by atoms with van der Waals surface area (Å²) < 4.78 is 0. The van der Waals surface area contributed by atoms with E-state index in [1.165, 1.54) is 0 Å². The van der Waals surface area contributed by atoms with Gasteiger partial charge in [0.25, 0.3) is 0 Å². The molecule has 4 aromatic carbocycles. The number of hydrazone groups is 1. The van der Waals surface area contributed by atoms with Gasteiger partial charge in [-0.2, -0.15) is 5.10 Å². The minimum absolute atomic E-state index is 0.0143. The summed E-state index contributed by atoms with van der Waals surface area (Å²) in [5.41, 5.74) is 7.97. The number of rotatable bonds is 9. The van der Waals surface area contributed by atoms with E-state index in [4.69, 9.17) is 5.10 Å². The molecule has 0 saturated heterocycles. The number of carbonyl (C=O) groups excluding carboxylic acids is 1. The zero-order valence-electron chi connectivity index (χ0n) is 17.9. The van der Waals surface area contributed by atoms with Crippen LogP contribution in [0.4, 0.5) is 5.69 Å². The number of ketones is 1. The lowest BCUT2D eigenvalue weighted by atomic mass is 9.86. The highest BCUT2D eigenvalue weighted by atomic mass is 16.1. The first-order chi connectivity index (χ1) is 15.8. The minimum atomic E-state index is 0.0143. The quantitative estimate of drug-likeness (QED) is 0.181. The third-order valence-electron chi connectivity index (χ3n) is 5.44. The fourth-order valence-corrected chi connectivity index (χ4v) is 3.74. The summed E-state index contributed by atoms with van der Waals surface area (Å²) in [6.45, 7) is 0. The smallest absolute Gasteiger partial charge is 0.163 e. The molecule has 0 fully saturated rings. The van der Waals surface area contributed by atoms with Gasteiger partial charge in [0.1, 0.15) is 0 Å². The van der Waals surface area contributed by atoms with Gasteiger partial charge in [0.2, 0.25) is 0 Å². The monoisotopic (exact) mass is 418 g/mol. The molecule has 1 atom stereocenters. The van der Waals surface area contributed by atoms with E-state index in [-0.39, 0.29) is 11.7 Å². The molecule has 3 heteroatoms. The van der Waals surface area contributed by atoms with Gasteiger partial charge in [-0.05, 0) is 35.6 Å². The number of benzene rings is 4. The lowest BCUT2D eigenvalue weighted by Crippen LogP contribution is -2.14. The second-order valence-corrected chi connectivity index (χ2v) is 7.71. The van der Waals surface area contributed by atoms with E-state index in [2.05, 4.69) is 29.7 Å². The molecule has 0 amide bonds. The number of nitrogens with zero attached hydrogens (tertiary/aromatic N) is 1. The Morgan fingerprint density at radius 2 is 1.12 bits per heavy atom. The highest BCUT2D eigenvalue weighted by Crippen LogP contribution is 2.28. The van der Waals surface area contributed by atoms with Crippen LogP contribution in [0.25, 0.3) is 0 Å². The summed E-state index contributed by atoms with van der Waals surface area (Å²) in [4.78, 5) is 13.1. The molecule has 0 aromatic heterocycles. The maximum Gasteiger partial charge on any atom is 0.163 e. The molecule has 32 heavy (non-hydrogen) atoms. The predicted molar refractivity (Wildman–Crippen MR) is 132 cm³/mol. The van der Waals surface area contributed by atoms with E-state index in [1.54, 1.807) is 0 Å². The number of hydrogen-bond acceptors (Lipinski definition) is 3. The molecule has 0 radical (unpaired) electrons. The molecular formula is C29H26N2O. The van der Waals surface area contributed by atoms with Gasteiger partial charge in [-0.25, -0.2) is 0 Å². The Hall–Kier alpha value is -3.98. The Labute approximate surface area is 189 Å². The maximum absolute atomic E-state index is 13.1. The minimum Gasteiger partial charge on any atom is -0.294 e. The summed E-state index contributed by atoms with van der Waals surface area (Å²) in [6.07, 6.45) is 1.07. The van der Waals surface area contributed by atoms with E-state index in [9.17, 15) is 4.79 Å². The molecule has 0 saturated carbocycles. The number of carbonyl (C=O) groups is 1. The van der Waals surface area contributed by atoms with Crippen LogP contribution in [0.2, 0.25) is 0 Å². The Balaban J connectivity index is 1.64. The number of Topliss-reactive ketones (excluding diaryl/α,β-unsaturated/α-hetero) is 1. The van der Waals surface area contributed by atoms with E-state index in [0.717, 1.165) is 28.1 Å². The van der Waals surface area contributed by atoms with Crippen molar-refractivity contribution in [2.75, 3.05) is 5.43 Å². The molecular weight excluding hydrogens is 392 g/mol. The SMILES string of the molecule is O=C(CC(CC(=NNc1ccccc1)c1ccccc1)c1ccccc1)c1ccccc1. The molecule has 4 aromatic rings. The Bertz CT molecular complexity index is 1140. The summed E-state index contributed by atoms with van der Waals surface area (Å²) in [7, 11) is 0. The maximum atomic E-state index is 13.1. The van der Waals surface area contributed by atoms with Crippen LogP contribution in [0.1, 0.15) is 40.2 Å². The van der Waals surface area contributed by atoms with Gasteiger partial charge in [0.05, 0.1) is 11.4 Å². The fourth-order valence-electron chi connectivity index (χ4n) is 3.74. The van der Waals surface area contributed by atoms with Crippen molar-refractivity contribution >= 4 is 17.2 Å². The average molecular weight is 419 g/mol. The van der Waals surface area contributed by atoms with Gasteiger partial charge in [-0.15, -0.1) is 0 Å². The van der Waals surface area contributed by atoms with Crippen LogP contribution in [-0.4, -0.2) is 11.5 Å². The number of nitrogens with one attached hydrogen (secondary N) is 1. The van der Waals surface area contributed by atoms with Crippen LogP contribution < -0.4 is 5.43 Å². The normalized spacial score (nSPS) is 12.2. The Morgan fingerprint density at radius 1 is 0.625 bits per heavy atom. The molecule has 0 aliphatic carbocycles. The first-order valence-electron chi connectivity index (χ1n) is 10.9. The van der Waals surface area contributed by atoms with Gasteiger partial charge in [-0.3, -0.25) is 10.2 Å². The first-order valence-corrected chi connectivity index (χ1v) is 10.9. The van der Waals surface area contributed by atoms with Crippen molar-refractivity contribution in [1.29, 1.82) is 0 Å². The first kappa shape index (κ1) is 21.3. The van der Waals surface area contributed by atoms with Crippen molar-refractivity contribution in [1.82, 2.24) is 0 Å². The molecule has 0 spiro atoms. The highest BCUT2D eigenvalue weighted by Gasteiger charge is 2.20. The van der Waals surface area contributed by atoms with Crippen molar-refractivity contribution in [2.24, 2.45) is 5.10 Å². The topological polar surface area (TPSA) is 41.5 Å². The third kappa shape index (κ3) is 5.79. The van der Waals surface area contributed by atoms with Crippen molar-refractivity contribution in [2.45, 2.75) is 18.8 Å². The summed E-state index contributed by atoms with van der Waals surface area (Å²) in [5, 5.41) is 4.76. The van der Waals surface area contributed by atoms with Crippen LogP contribution in [0.5, 0.6) is 0 Å². The van der Waals surface area contributed by atoms with Crippen molar-refractivity contribution in [3.05, 3.63) is 138 Å². The van der Waals surface area contributed by atoms with Crippen LogP contribution >= 0.6 is 0 Å². The summed E-state index contributed by atoms with van der Waals surface area (Å²) in [5.74, 6) is 0.156. The van der Waals surface area contributed by atoms with Gasteiger partial charge in [0, 0.05) is 12.0 Å². The predicted octanol–water partition coefficient (Wildman–Crippen LogP) is 6.95. The lowest BCUT2D eigenvalue weighted by molar-refractivity contribution is 0.0974. The number of hydrogen-bond donors (Lipinski definition) is 1. The molecule has 1 unspecified atom stereocenters. The van der Waals surface area contributed by atoms with Crippen molar-refractivity contribution in [3.63, 3.8) is 0 Å². The third-order valence-corrected chi connectivity index (χ3v) is 5.44. The van der Waals surface area contributed by atoms with Gasteiger partial charge in [-0.1, -0.05) is 109 Å². The summed E-state index contributed by atoms with van der Waals surface area (Å²) >= 11 is 0. The molecule has 0 heterocycles. The summed E-state index contributed by atoms with van der Waals surface area (Å²) in [6, 6.07) is 39.8. The zero-order valence-corrected chi connectivity index (χ0v) is 17.9. The molecule has 3 nitrogen and oxygen atoms in total. The van der Waals surface area contributed by atoms with E-state index >= 15 is 0 Å². The lowest BCUT2D eigenvalue weighted by Gasteiger charge is -2.19. The van der Waals surface area contributed by atoms with Crippen LogP contribution in [0.3, 0.4) is 0 Å². The molecule has 0 aliphatic rings. The fraction of sp³-hybridized carbons (Fsp3) is 0.103. The molecule has 158 valence electrons. The largest absolute Gasteiger partial charge is 0.294 e. The van der Waals surface area contributed by atoms with Crippen LogP contribution in [-0.2, 0) is 0 Å². The zero-order chi connectivity index (χ0) is 22.0. The average Bonchev–Trinajstić information content (AvgIpc) is 2.88. The second kappa shape index (κ2) is 10.9. The van der Waals surface area contributed by atoms with E-state index in [1.807, 2.05) is 97.1 Å². The Morgan fingerprint density at radius 3 is 1.72 bits per heavy atom. The molecule has 0 aliphatic heterocycles. The van der Waals surface area contributed by atoms with Crippen LogP contribution in [0, 0.1) is 0 Å². The van der Waals surface area contributed by atoms with Gasteiger partial charge >= 0.3 is 0 Å². The van der Waals surface area contributed by atoms with Gasteiger partial charge < -0.3 is 0 Å². The molecule has 1 N–H and O–H groups in total. The number of para-hydroxylation sites is 1. The van der Waals surface area contributed by atoms with Crippen molar-refractivity contribution in [3.8, 4) is 0 Å². The molecule has 4 rings (SSSR count). The second-order valence-electron chi connectivity index (χ2n) is 7.71. The Kier molecular flexibility index (Phi) is 7.22. The van der Waals surface area contributed by atoms with E-state index in [0.29, 0.717) is 12.8 Å².